The molecule has 0 aliphatic carbocycles. The van der Waals surface area contributed by atoms with E-state index >= 15 is 0 Å². The van der Waals surface area contributed by atoms with Crippen LogP contribution in [0.1, 0.15) is 23.4 Å². The third-order valence-corrected chi connectivity index (χ3v) is 9.48. The van der Waals surface area contributed by atoms with Gasteiger partial charge in [0.25, 0.3) is 10.0 Å². The number of thiophene rings is 1. The van der Waals surface area contributed by atoms with Crippen molar-refractivity contribution in [2.24, 2.45) is 5.92 Å². The monoisotopic (exact) mass is 470 g/mol. The Morgan fingerprint density at radius 2 is 2.10 bits per heavy atom. The van der Waals surface area contributed by atoms with Gasteiger partial charge in [-0.15, -0.1) is 22.7 Å². The first-order chi connectivity index (χ1) is 14.4. The van der Waals surface area contributed by atoms with Crippen LogP contribution in [0.2, 0.25) is 0 Å². The number of carbonyl (C=O) groups excluding carboxylic acids is 1. The molecule has 2 fully saturated rings. The summed E-state index contributed by atoms with van der Waals surface area (Å²) in [5.41, 5.74) is 0.929. The normalized spacial score (nSPS) is 21.6. The van der Waals surface area contributed by atoms with Gasteiger partial charge in [-0.1, -0.05) is 0 Å². The zero-order valence-corrected chi connectivity index (χ0v) is 19.3. The molecule has 8 nitrogen and oxygen atoms in total. The third-order valence-electron chi connectivity index (χ3n) is 5.34. The molecule has 30 heavy (non-hydrogen) atoms. The van der Waals surface area contributed by atoms with Crippen LogP contribution in [-0.4, -0.2) is 67.9 Å². The molecule has 2 aliphatic rings. The number of ether oxygens (including phenoxy) is 1. The van der Waals surface area contributed by atoms with Gasteiger partial charge in [0.05, 0.1) is 24.8 Å². The summed E-state index contributed by atoms with van der Waals surface area (Å²) in [4.78, 5) is 20.6. The maximum atomic E-state index is 12.9. The number of aromatic nitrogens is 1. The minimum atomic E-state index is -3.55. The number of aryl methyl sites for hydroxylation is 1. The second kappa shape index (κ2) is 9.41. The van der Waals surface area contributed by atoms with Gasteiger partial charge in [-0.2, -0.15) is 4.31 Å². The number of hydrogen-bond acceptors (Lipinski definition) is 8. The molecule has 1 N–H and O–H groups in total. The highest BCUT2D eigenvalue weighted by molar-refractivity contribution is 7.91. The van der Waals surface area contributed by atoms with E-state index in [1.54, 1.807) is 6.07 Å². The van der Waals surface area contributed by atoms with E-state index in [2.05, 4.69) is 15.2 Å². The Hall–Kier alpha value is -1.37. The maximum absolute atomic E-state index is 12.9. The molecule has 11 heteroatoms. The SMILES string of the molecule is Cc1ccc(S(=O)(=O)N2CCCC(C(=O)Nc3nc(CN4CCOCC4)cs3)C2)s1. The van der Waals surface area contributed by atoms with Crippen molar-refractivity contribution in [3.05, 3.63) is 28.1 Å². The van der Waals surface area contributed by atoms with Crippen molar-refractivity contribution in [3.63, 3.8) is 0 Å². The van der Waals surface area contributed by atoms with Gasteiger partial charge >= 0.3 is 0 Å². The predicted molar refractivity (Wildman–Crippen MR) is 117 cm³/mol. The lowest BCUT2D eigenvalue weighted by Crippen LogP contribution is -2.43. The number of anilines is 1. The number of nitrogens with one attached hydrogen (secondary N) is 1. The topological polar surface area (TPSA) is 91.8 Å². The molecule has 2 aliphatic heterocycles. The van der Waals surface area contributed by atoms with Crippen LogP contribution in [0.25, 0.3) is 0 Å². The van der Waals surface area contributed by atoms with E-state index in [0.717, 1.165) is 43.4 Å². The molecule has 2 aromatic heterocycles. The molecule has 1 atom stereocenters. The van der Waals surface area contributed by atoms with E-state index < -0.39 is 10.0 Å². The average Bonchev–Trinajstić information content (AvgIpc) is 3.38. The number of piperidine rings is 1. The van der Waals surface area contributed by atoms with Crippen LogP contribution in [0.15, 0.2) is 21.7 Å². The van der Waals surface area contributed by atoms with Gasteiger partial charge in [0, 0.05) is 43.0 Å². The van der Waals surface area contributed by atoms with Crippen molar-refractivity contribution in [2.45, 2.75) is 30.5 Å². The first kappa shape index (κ1) is 21.8. The molecule has 0 bridgehead atoms. The number of carbonyl (C=O) groups is 1. The zero-order valence-electron chi connectivity index (χ0n) is 16.9. The highest BCUT2D eigenvalue weighted by Crippen LogP contribution is 2.29. The smallest absolute Gasteiger partial charge is 0.252 e. The Bertz CT molecular complexity index is 982. The second-order valence-corrected chi connectivity index (χ2v) is 11.9. The number of sulfonamides is 1. The number of hydrogen-bond donors (Lipinski definition) is 1. The van der Waals surface area contributed by atoms with Gasteiger partial charge in [0.2, 0.25) is 5.91 Å². The van der Waals surface area contributed by atoms with E-state index in [1.165, 1.54) is 27.0 Å². The largest absolute Gasteiger partial charge is 0.379 e. The van der Waals surface area contributed by atoms with E-state index in [4.69, 9.17) is 4.74 Å². The van der Waals surface area contributed by atoms with Crippen molar-refractivity contribution in [1.29, 1.82) is 0 Å². The summed E-state index contributed by atoms with van der Waals surface area (Å²) in [6.45, 7) is 6.52. The number of rotatable bonds is 6. The Morgan fingerprint density at radius 3 is 2.83 bits per heavy atom. The zero-order chi connectivity index (χ0) is 21.1. The molecule has 0 spiro atoms. The summed E-state index contributed by atoms with van der Waals surface area (Å²) in [6.07, 6.45) is 1.34. The summed E-state index contributed by atoms with van der Waals surface area (Å²) in [7, 11) is -3.55. The van der Waals surface area contributed by atoms with Crippen LogP contribution < -0.4 is 5.32 Å². The molecular weight excluding hydrogens is 444 g/mol. The standard InChI is InChI=1S/C19H26N4O4S3/c1-14-4-5-17(29-14)30(25,26)23-6-2-3-15(11-23)18(24)21-19-20-16(13-28-19)12-22-7-9-27-10-8-22/h4-5,13,15H,2-3,6-12H2,1H3,(H,20,21,24). The minimum Gasteiger partial charge on any atom is -0.379 e. The Morgan fingerprint density at radius 1 is 1.30 bits per heavy atom. The third kappa shape index (κ3) is 5.09. The Labute approximate surface area is 184 Å². The molecule has 164 valence electrons. The minimum absolute atomic E-state index is 0.162. The van der Waals surface area contributed by atoms with E-state index in [-0.39, 0.29) is 18.4 Å². The van der Waals surface area contributed by atoms with Gasteiger partial charge in [0.1, 0.15) is 4.21 Å². The van der Waals surface area contributed by atoms with Gasteiger partial charge < -0.3 is 10.1 Å². The van der Waals surface area contributed by atoms with E-state index in [0.29, 0.717) is 28.7 Å². The van der Waals surface area contributed by atoms with E-state index in [9.17, 15) is 13.2 Å². The highest BCUT2D eigenvalue weighted by Gasteiger charge is 2.34. The summed E-state index contributed by atoms with van der Waals surface area (Å²) < 4.78 is 32.9. The van der Waals surface area contributed by atoms with Crippen molar-refractivity contribution >= 4 is 43.7 Å². The molecule has 1 amide bonds. The number of thiazole rings is 1. The second-order valence-electron chi connectivity index (χ2n) is 7.59. The number of morpholine rings is 1. The van der Waals surface area contributed by atoms with E-state index in [1.807, 2.05) is 18.4 Å². The first-order valence-electron chi connectivity index (χ1n) is 10.0. The fraction of sp³-hybridized carbons (Fsp3) is 0.579. The van der Waals surface area contributed by atoms with Crippen LogP contribution in [-0.2, 0) is 26.1 Å². The van der Waals surface area contributed by atoms with Crippen LogP contribution >= 0.6 is 22.7 Å². The number of nitrogens with zero attached hydrogens (tertiary/aromatic N) is 3. The fourth-order valence-electron chi connectivity index (χ4n) is 3.69. The molecule has 4 heterocycles. The quantitative estimate of drug-likeness (QED) is 0.697. The Balaban J connectivity index is 1.35. The van der Waals surface area contributed by atoms with Crippen molar-refractivity contribution < 1.29 is 17.9 Å². The molecular formula is C19H26N4O4S3. The van der Waals surface area contributed by atoms with Gasteiger partial charge in [-0.3, -0.25) is 9.69 Å². The lowest BCUT2D eigenvalue weighted by Gasteiger charge is -2.30. The highest BCUT2D eigenvalue weighted by atomic mass is 32.2. The van der Waals surface area contributed by atoms with Gasteiger partial charge in [-0.05, 0) is 31.9 Å². The van der Waals surface area contributed by atoms with Gasteiger partial charge in [-0.25, -0.2) is 13.4 Å². The van der Waals surface area contributed by atoms with Crippen LogP contribution in [0.5, 0.6) is 0 Å². The van der Waals surface area contributed by atoms with Crippen LogP contribution in [0.4, 0.5) is 5.13 Å². The molecule has 1 unspecified atom stereocenters. The average molecular weight is 471 g/mol. The predicted octanol–water partition coefficient (Wildman–Crippen LogP) is 2.38. The van der Waals surface area contributed by atoms with Crippen molar-refractivity contribution in [2.75, 3.05) is 44.7 Å². The maximum Gasteiger partial charge on any atom is 0.252 e. The molecule has 2 saturated heterocycles. The molecule has 0 aromatic carbocycles. The summed E-state index contributed by atoms with van der Waals surface area (Å²) in [6, 6.07) is 3.45. The summed E-state index contributed by atoms with van der Waals surface area (Å²) >= 11 is 2.67. The molecule has 0 saturated carbocycles. The van der Waals surface area contributed by atoms with Crippen LogP contribution in [0.3, 0.4) is 0 Å². The van der Waals surface area contributed by atoms with Crippen molar-refractivity contribution in [3.8, 4) is 0 Å². The molecule has 0 radical (unpaired) electrons. The fourth-order valence-corrected chi connectivity index (χ4v) is 7.35. The molecule has 2 aromatic rings. The van der Waals surface area contributed by atoms with Crippen molar-refractivity contribution in [1.82, 2.24) is 14.2 Å². The lowest BCUT2D eigenvalue weighted by molar-refractivity contribution is -0.120. The van der Waals surface area contributed by atoms with Crippen LogP contribution in [0, 0.1) is 12.8 Å². The summed E-state index contributed by atoms with van der Waals surface area (Å²) in [5, 5.41) is 5.42. The number of amides is 1. The molecule has 4 rings (SSSR count). The first-order valence-corrected chi connectivity index (χ1v) is 13.2. The summed E-state index contributed by atoms with van der Waals surface area (Å²) in [5.74, 6) is -0.536. The Kier molecular flexibility index (Phi) is 6.85. The van der Waals surface area contributed by atoms with Gasteiger partial charge in [0.15, 0.2) is 5.13 Å². The lowest BCUT2D eigenvalue weighted by atomic mass is 9.99.